The molecule has 116 valence electrons. The van der Waals surface area contributed by atoms with Crippen molar-refractivity contribution in [3.05, 3.63) is 28.8 Å². The van der Waals surface area contributed by atoms with Gasteiger partial charge in [0.05, 0.1) is 9.92 Å². The summed E-state index contributed by atoms with van der Waals surface area (Å²) in [7, 11) is -3.47. The fraction of sp³-hybridized carbons (Fsp3) is 0.385. The second-order valence-corrected chi connectivity index (χ2v) is 7.24. The van der Waals surface area contributed by atoms with Gasteiger partial charge in [0.15, 0.2) is 15.5 Å². The second-order valence-electron chi connectivity index (χ2n) is 4.85. The Balaban J connectivity index is 3.17. The fourth-order valence-corrected chi connectivity index (χ4v) is 2.74. The Morgan fingerprint density at radius 1 is 1.43 bits per heavy atom. The van der Waals surface area contributed by atoms with Crippen LogP contribution in [0.1, 0.15) is 19.4 Å². The number of oxime groups is 1. The standard InChI is InChI=1S/C13H16ClNO5S/c1-8(2)7-20-15-12(13(16)17)9-4-5-11(10(14)6-9)21(3,18)19/h4-6,8H,7H2,1-3H3,(H,16,17). The molecule has 0 saturated heterocycles. The van der Waals surface area contributed by atoms with Crippen molar-refractivity contribution >= 4 is 33.1 Å². The molecule has 0 bridgehead atoms. The Hall–Kier alpha value is -1.60. The molecule has 0 aliphatic heterocycles. The van der Waals surface area contributed by atoms with Crippen LogP contribution in [0.3, 0.4) is 0 Å². The van der Waals surface area contributed by atoms with E-state index in [4.69, 9.17) is 21.5 Å². The Labute approximate surface area is 128 Å². The number of sulfone groups is 1. The molecule has 0 spiro atoms. The van der Waals surface area contributed by atoms with Gasteiger partial charge in [0.25, 0.3) is 0 Å². The van der Waals surface area contributed by atoms with E-state index in [0.717, 1.165) is 6.26 Å². The zero-order chi connectivity index (χ0) is 16.2. The van der Waals surface area contributed by atoms with E-state index in [1.54, 1.807) is 0 Å². The van der Waals surface area contributed by atoms with Crippen molar-refractivity contribution in [2.75, 3.05) is 12.9 Å². The molecule has 1 aromatic carbocycles. The van der Waals surface area contributed by atoms with Gasteiger partial charge in [0.2, 0.25) is 0 Å². The van der Waals surface area contributed by atoms with Gasteiger partial charge < -0.3 is 9.94 Å². The summed E-state index contributed by atoms with van der Waals surface area (Å²) >= 11 is 5.88. The van der Waals surface area contributed by atoms with Crippen LogP contribution < -0.4 is 0 Å². The van der Waals surface area contributed by atoms with Crippen molar-refractivity contribution in [1.82, 2.24) is 0 Å². The number of hydrogen-bond donors (Lipinski definition) is 1. The predicted octanol–water partition coefficient (Wildman–Crippen LogP) is 2.20. The Kier molecular flexibility index (Phi) is 5.74. The molecule has 0 atom stereocenters. The smallest absolute Gasteiger partial charge is 0.358 e. The molecule has 1 N–H and O–H groups in total. The second kappa shape index (κ2) is 6.91. The average molecular weight is 334 g/mol. The minimum Gasteiger partial charge on any atom is -0.476 e. The Morgan fingerprint density at radius 3 is 2.48 bits per heavy atom. The number of aliphatic carboxylic acids is 1. The largest absolute Gasteiger partial charge is 0.476 e. The maximum atomic E-state index is 11.5. The van der Waals surface area contributed by atoms with Crippen LogP contribution in [-0.4, -0.2) is 38.1 Å². The highest BCUT2D eigenvalue weighted by Gasteiger charge is 2.18. The number of carboxylic acids is 1. The summed E-state index contributed by atoms with van der Waals surface area (Å²) in [6, 6.07) is 3.81. The van der Waals surface area contributed by atoms with Gasteiger partial charge in [-0.3, -0.25) is 0 Å². The van der Waals surface area contributed by atoms with Crippen LogP contribution in [-0.2, 0) is 19.5 Å². The molecule has 0 aromatic heterocycles. The molecule has 1 aromatic rings. The summed E-state index contributed by atoms with van der Waals surface area (Å²) in [5.41, 5.74) is -0.166. The molecule has 0 amide bonds. The lowest BCUT2D eigenvalue weighted by molar-refractivity contribution is -0.129. The monoisotopic (exact) mass is 333 g/mol. The van der Waals surface area contributed by atoms with Crippen molar-refractivity contribution in [2.45, 2.75) is 18.7 Å². The van der Waals surface area contributed by atoms with Crippen LogP contribution >= 0.6 is 11.6 Å². The van der Waals surface area contributed by atoms with Crippen LogP contribution in [0.5, 0.6) is 0 Å². The minimum absolute atomic E-state index is 0.0622. The average Bonchev–Trinajstić information content (AvgIpc) is 2.32. The highest BCUT2D eigenvalue weighted by Crippen LogP contribution is 2.23. The van der Waals surface area contributed by atoms with Gasteiger partial charge in [0, 0.05) is 11.8 Å². The van der Waals surface area contributed by atoms with Crippen LogP contribution in [0.15, 0.2) is 28.3 Å². The van der Waals surface area contributed by atoms with Gasteiger partial charge in [-0.25, -0.2) is 13.2 Å². The highest BCUT2D eigenvalue weighted by molar-refractivity contribution is 7.90. The molecule has 0 aliphatic carbocycles. The van der Waals surface area contributed by atoms with E-state index in [-0.39, 0.29) is 33.7 Å². The Bertz CT molecular complexity index is 667. The molecule has 0 unspecified atom stereocenters. The summed E-state index contributed by atoms with van der Waals surface area (Å²) < 4.78 is 22.9. The molecule has 0 saturated carbocycles. The fourth-order valence-electron chi connectivity index (χ4n) is 1.41. The first kappa shape index (κ1) is 17.5. The number of hydrogen-bond acceptors (Lipinski definition) is 5. The summed E-state index contributed by atoms with van der Waals surface area (Å²) in [5.74, 6) is -1.10. The first-order valence-electron chi connectivity index (χ1n) is 6.06. The van der Waals surface area contributed by atoms with Crippen molar-refractivity contribution in [2.24, 2.45) is 11.1 Å². The number of carbonyl (C=O) groups is 1. The number of carboxylic acid groups (broad SMARTS) is 1. The van der Waals surface area contributed by atoms with Gasteiger partial charge >= 0.3 is 5.97 Å². The molecular weight excluding hydrogens is 318 g/mol. The molecule has 0 heterocycles. The maximum Gasteiger partial charge on any atom is 0.358 e. The Morgan fingerprint density at radius 2 is 2.05 bits per heavy atom. The predicted molar refractivity (Wildman–Crippen MR) is 79.5 cm³/mol. The number of benzene rings is 1. The first-order chi connectivity index (χ1) is 9.62. The third kappa shape index (κ3) is 5.02. The van der Waals surface area contributed by atoms with E-state index in [1.807, 2.05) is 13.8 Å². The molecule has 0 radical (unpaired) electrons. The van der Waals surface area contributed by atoms with E-state index >= 15 is 0 Å². The first-order valence-corrected chi connectivity index (χ1v) is 8.33. The van der Waals surface area contributed by atoms with Gasteiger partial charge in [-0.15, -0.1) is 0 Å². The normalized spacial score (nSPS) is 12.5. The highest BCUT2D eigenvalue weighted by atomic mass is 35.5. The zero-order valence-corrected chi connectivity index (χ0v) is 13.4. The third-order valence-electron chi connectivity index (χ3n) is 2.37. The van der Waals surface area contributed by atoms with Gasteiger partial charge in [0.1, 0.15) is 6.61 Å². The molecule has 0 aliphatic rings. The molecular formula is C13H16ClNO5S. The summed E-state index contributed by atoms with van der Waals surface area (Å²) in [6.07, 6.45) is 1.02. The number of rotatable bonds is 6. The zero-order valence-electron chi connectivity index (χ0n) is 11.8. The van der Waals surface area contributed by atoms with Gasteiger partial charge in [-0.1, -0.05) is 36.7 Å². The lowest BCUT2D eigenvalue weighted by Crippen LogP contribution is -2.16. The van der Waals surface area contributed by atoms with Crippen molar-refractivity contribution in [1.29, 1.82) is 0 Å². The molecule has 1 rings (SSSR count). The van der Waals surface area contributed by atoms with Crippen LogP contribution in [0, 0.1) is 5.92 Å². The van der Waals surface area contributed by atoms with E-state index < -0.39 is 15.8 Å². The summed E-state index contributed by atoms with van der Waals surface area (Å²) in [4.78, 5) is 16.1. The van der Waals surface area contributed by atoms with Crippen LogP contribution in [0.4, 0.5) is 0 Å². The van der Waals surface area contributed by atoms with Crippen LogP contribution in [0.25, 0.3) is 0 Å². The maximum absolute atomic E-state index is 11.5. The van der Waals surface area contributed by atoms with E-state index in [0.29, 0.717) is 0 Å². The van der Waals surface area contributed by atoms with Crippen molar-refractivity contribution < 1.29 is 23.2 Å². The van der Waals surface area contributed by atoms with Gasteiger partial charge in [-0.05, 0) is 18.1 Å². The SMILES string of the molecule is CC(C)CON=C(C(=O)O)c1ccc(S(C)(=O)=O)c(Cl)c1. The van der Waals surface area contributed by atoms with E-state index in [1.165, 1.54) is 18.2 Å². The topological polar surface area (TPSA) is 93.0 Å². The third-order valence-corrected chi connectivity index (χ3v) is 3.95. The lowest BCUT2D eigenvalue weighted by Gasteiger charge is -2.07. The van der Waals surface area contributed by atoms with Crippen molar-refractivity contribution in [3.63, 3.8) is 0 Å². The lowest BCUT2D eigenvalue weighted by atomic mass is 10.1. The van der Waals surface area contributed by atoms with E-state index in [2.05, 4.69) is 5.16 Å². The molecule has 8 heteroatoms. The molecule has 0 fully saturated rings. The minimum atomic E-state index is -3.47. The summed E-state index contributed by atoms with van der Waals surface area (Å²) in [5, 5.41) is 12.7. The number of nitrogens with zero attached hydrogens (tertiary/aromatic N) is 1. The molecule has 6 nitrogen and oxygen atoms in total. The van der Waals surface area contributed by atoms with E-state index in [9.17, 15) is 13.2 Å². The van der Waals surface area contributed by atoms with Crippen LogP contribution in [0.2, 0.25) is 5.02 Å². The quantitative estimate of drug-likeness (QED) is 0.636. The van der Waals surface area contributed by atoms with Crippen molar-refractivity contribution in [3.8, 4) is 0 Å². The number of halogens is 1. The van der Waals surface area contributed by atoms with Gasteiger partial charge in [-0.2, -0.15) is 0 Å². The molecule has 21 heavy (non-hydrogen) atoms. The summed E-state index contributed by atoms with van der Waals surface area (Å²) in [6.45, 7) is 4.06.